The van der Waals surface area contributed by atoms with Crippen molar-refractivity contribution in [1.29, 1.82) is 0 Å². The molecule has 1 fully saturated rings. The van der Waals surface area contributed by atoms with Crippen LogP contribution in [0.1, 0.15) is 33.1 Å². The molecule has 1 rings (SSSR count). The summed E-state index contributed by atoms with van der Waals surface area (Å²) in [6.45, 7) is 8.95. The molecule has 2 N–H and O–H groups in total. The lowest BCUT2D eigenvalue weighted by atomic mass is 9.82. The summed E-state index contributed by atoms with van der Waals surface area (Å²) in [7, 11) is 1.75. The standard InChI is InChI=1S/C12H26N2O/c1-12(2)5-8-14(9-6-12)7-4-11(10-13)15-3/h11H,4-10,13H2,1-3H3. The minimum Gasteiger partial charge on any atom is -0.380 e. The maximum Gasteiger partial charge on any atom is 0.0705 e. The van der Waals surface area contributed by atoms with E-state index >= 15 is 0 Å². The van der Waals surface area contributed by atoms with E-state index < -0.39 is 0 Å². The minimum atomic E-state index is 0.236. The number of nitrogens with two attached hydrogens (primary N) is 1. The summed E-state index contributed by atoms with van der Waals surface area (Å²) >= 11 is 0. The predicted molar refractivity (Wildman–Crippen MR) is 63.9 cm³/mol. The topological polar surface area (TPSA) is 38.5 Å². The molecule has 1 saturated heterocycles. The zero-order valence-corrected chi connectivity index (χ0v) is 10.5. The van der Waals surface area contributed by atoms with Crippen molar-refractivity contribution in [1.82, 2.24) is 4.90 Å². The average Bonchev–Trinajstić information content (AvgIpc) is 2.21. The van der Waals surface area contributed by atoms with Crippen LogP contribution in [0.15, 0.2) is 0 Å². The smallest absolute Gasteiger partial charge is 0.0705 e. The molecule has 1 aliphatic heterocycles. The first kappa shape index (κ1) is 12.9. The quantitative estimate of drug-likeness (QED) is 0.753. The van der Waals surface area contributed by atoms with Gasteiger partial charge < -0.3 is 15.4 Å². The molecule has 3 heteroatoms. The van der Waals surface area contributed by atoms with Crippen molar-refractivity contribution in [3.05, 3.63) is 0 Å². The number of hydrogen-bond donors (Lipinski definition) is 1. The minimum absolute atomic E-state index is 0.236. The first-order valence-corrected chi connectivity index (χ1v) is 6.02. The number of piperidine rings is 1. The van der Waals surface area contributed by atoms with Gasteiger partial charge in [0.2, 0.25) is 0 Å². The zero-order chi connectivity index (χ0) is 11.3. The molecule has 0 aromatic heterocycles. The molecule has 1 aliphatic rings. The van der Waals surface area contributed by atoms with Crippen LogP contribution in [0, 0.1) is 5.41 Å². The maximum atomic E-state index is 5.60. The molecule has 0 radical (unpaired) electrons. The third kappa shape index (κ3) is 4.49. The van der Waals surface area contributed by atoms with Gasteiger partial charge in [-0.15, -0.1) is 0 Å². The van der Waals surface area contributed by atoms with E-state index in [0.29, 0.717) is 12.0 Å². The van der Waals surface area contributed by atoms with Crippen LogP contribution in [-0.4, -0.2) is 44.3 Å². The van der Waals surface area contributed by atoms with Crippen LogP contribution in [-0.2, 0) is 4.74 Å². The first-order valence-electron chi connectivity index (χ1n) is 6.02. The van der Waals surface area contributed by atoms with Crippen LogP contribution < -0.4 is 5.73 Å². The van der Waals surface area contributed by atoms with Crippen LogP contribution in [0.3, 0.4) is 0 Å². The Morgan fingerprint density at radius 3 is 2.40 bits per heavy atom. The molecule has 0 aromatic carbocycles. The lowest BCUT2D eigenvalue weighted by molar-refractivity contribution is 0.0741. The van der Waals surface area contributed by atoms with Gasteiger partial charge >= 0.3 is 0 Å². The molecule has 90 valence electrons. The third-order valence-corrected chi connectivity index (χ3v) is 3.57. The molecule has 0 bridgehead atoms. The molecule has 15 heavy (non-hydrogen) atoms. The summed E-state index contributed by atoms with van der Waals surface area (Å²) in [5, 5.41) is 0. The van der Waals surface area contributed by atoms with Crippen molar-refractivity contribution in [2.45, 2.75) is 39.2 Å². The van der Waals surface area contributed by atoms with Crippen molar-refractivity contribution >= 4 is 0 Å². The Bertz CT molecular complexity index is 168. The Kier molecular flexibility index (Phi) is 5.03. The van der Waals surface area contributed by atoms with E-state index in [-0.39, 0.29) is 6.10 Å². The van der Waals surface area contributed by atoms with Crippen molar-refractivity contribution in [3.8, 4) is 0 Å². The highest BCUT2D eigenvalue weighted by molar-refractivity contribution is 4.78. The average molecular weight is 214 g/mol. The summed E-state index contributed by atoms with van der Waals surface area (Å²) in [6.07, 6.45) is 3.92. The Balaban J connectivity index is 2.18. The molecule has 0 amide bonds. The molecule has 1 atom stereocenters. The fourth-order valence-electron chi connectivity index (χ4n) is 2.04. The third-order valence-electron chi connectivity index (χ3n) is 3.57. The second-order valence-corrected chi connectivity index (χ2v) is 5.39. The highest BCUT2D eigenvalue weighted by Crippen LogP contribution is 2.29. The normalized spacial score (nSPS) is 24.0. The highest BCUT2D eigenvalue weighted by Gasteiger charge is 2.25. The number of nitrogens with zero attached hydrogens (tertiary/aromatic N) is 1. The van der Waals surface area contributed by atoms with Gasteiger partial charge in [-0.3, -0.25) is 0 Å². The van der Waals surface area contributed by atoms with Gasteiger partial charge in [0.15, 0.2) is 0 Å². The van der Waals surface area contributed by atoms with Crippen molar-refractivity contribution in [2.75, 3.05) is 33.3 Å². The van der Waals surface area contributed by atoms with Gasteiger partial charge in [0.25, 0.3) is 0 Å². The Morgan fingerprint density at radius 2 is 1.93 bits per heavy atom. The van der Waals surface area contributed by atoms with Crippen molar-refractivity contribution in [2.24, 2.45) is 11.1 Å². The Morgan fingerprint density at radius 1 is 1.33 bits per heavy atom. The molecule has 0 aliphatic carbocycles. The van der Waals surface area contributed by atoms with E-state index in [1.807, 2.05) is 0 Å². The number of ether oxygens (including phenoxy) is 1. The predicted octanol–water partition coefficient (Wildman–Crippen LogP) is 1.47. The maximum absolute atomic E-state index is 5.60. The lowest BCUT2D eigenvalue weighted by Gasteiger charge is -2.37. The Hall–Kier alpha value is -0.120. The van der Waals surface area contributed by atoms with E-state index in [0.717, 1.165) is 13.0 Å². The molecule has 0 spiro atoms. The summed E-state index contributed by atoms with van der Waals surface area (Å²) in [4.78, 5) is 2.53. The summed E-state index contributed by atoms with van der Waals surface area (Å²) in [5.74, 6) is 0. The fourth-order valence-corrected chi connectivity index (χ4v) is 2.04. The molecule has 0 saturated carbocycles. The van der Waals surface area contributed by atoms with Crippen LogP contribution >= 0.6 is 0 Å². The van der Waals surface area contributed by atoms with E-state index in [9.17, 15) is 0 Å². The SMILES string of the molecule is COC(CN)CCN1CCC(C)(C)CC1. The van der Waals surface area contributed by atoms with Crippen LogP contribution in [0.5, 0.6) is 0 Å². The molecule has 3 nitrogen and oxygen atoms in total. The molecular formula is C12H26N2O. The van der Waals surface area contributed by atoms with Crippen molar-refractivity contribution in [3.63, 3.8) is 0 Å². The van der Waals surface area contributed by atoms with Gasteiger partial charge in [-0.1, -0.05) is 13.8 Å². The number of methoxy groups -OCH3 is 1. The summed E-state index contributed by atoms with van der Waals surface area (Å²) in [6, 6.07) is 0. The van der Waals surface area contributed by atoms with Gasteiger partial charge in [-0.2, -0.15) is 0 Å². The van der Waals surface area contributed by atoms with E-state index in [2.05, 4.69) is 18.7 Å². The van der Waals surface area contributed by atoms with Gasteiger partial charge in [-0.25, -0.2) is 0 Å². The largest absolute Gasteiger partial charge is 0.380 e. The number of rotatable bonds is 5. The summed E-state index contributed by atoms with van der Waals surface area (Å²) < 4.78 is 5.28. The summed E-state index contributed by atoms with van der Waals surface area (Å²) in [5.41, 5.74) is 6.15. The monoisotopic (exact) mass is 214 g/mol. The van der Waals surface area contributed by atoms with Gasteiger partial charge in [-0.05, 0) is 37.8 Å². The number of hydrogen-bond acceptors (Lipinski definition) is 3. The second kappa shape index (κ2) is 5.83. The second-order valence-electron chi connectivity index (χ2n) is 5.39. The molecule has 1 heterocycles. The Labute approximate surface area is 94.0 Å². The van der Waals surface area contributed by atoms with E-state index in [4.69, 9.17) is 10.5 Å². The lowest BCUT2D eigenvalue weighted by Crippen LogP contribution is -2.39. The van der Waals surface area contributed by atoms with Crippen LogP contribution in [0.4, 0.5) is 0 Å². The van der Waals surface area contributed by atoms with Crippen molar-refractivity contribution < 1.29 is 4.74 Å². The van der Waals surface area contributed by atoms with Gasteiger partial charge in [0.05, 0.1) is 6.10 Å². The van der Waals surface area contributed by atoms with Crippen LogP contribution in [0.25, 0.3) is 0 Å². The molecule has 0 aromatic rings. The molecule has 1 unspecified atom stereocenters. The van der Waals surface area contributed by atoms with Gasteiger partial charge in [0, 0.05) is 20.2 Å². The van der Waals surface area contributed by atoms with E-state index in [1.165, 1.54) is 25.9 Å². The van der Waals surface area contributed by atoms with Gasteiger partial charge in [0.1, 0.15) is 0 Å². The van der Waals surface area contributed by atoms with E-state index in [1.54, 1.807) is 7.11 Å². The fraction of sp³-hybridized carbons (Fsp3) is 1.00. The number of likely N-dealkylation sites (tertiary alicyclic amines) is 1. The highest BCUT2D eigenvalue weighted by atomic mass is 16.5. The first-order chi connectivity index (χ1) is 7.07. The van der Waals surface area contributed by atoms with Crippen LogP contribution in [0.2, 0.25) is 0 Å². The zero-order valence-electron chi connectivity index (χ0n) is 10.5. The molecular weight excluding hydrogens is 188 g/mol.